The van der Waals surface area contributed by atoms with Gasteiger partial charge in [-0.05, 0) is 54.5 Å². The highest BCUT2D eigenvalue weighted by atomic mass is 127. The van der Waals surface area contributed by atoms with Crippen molar-refractivity contribution in [2.24, 2.45) is 0 Å². The molecule has 16 heavy (non-hydrogen) atoms. The molecule has 2 nitrogen and oxygen atoms in total. The maximum absolute atomic E-state index is 12.3. The Morgan fingerprint density at radius 1 is 1.38 bits per heavy atom. The maximum atomic E-state index is 12.3. The number of nitrogens with zero attached hydrogens (tertiary/aromatic N) is 1. The van der Waals surface area contributed by atoms with Gasteiger partial charge >= 0.3 is 0 Å². The van der Waals surface area contributed by atoms with Crippen LogP contribution in [0.15, 0.2) is 36.0 Å². The second kappa shape index (κ2) is 4.99. The Balaban J connectivity index is 2.29. The minimum Gasteiger partial charge on any atom is -0.313 e. The van der Waals surface area contributed by atoms with E-state index in [-0.39, 0.29) is 5.91 Å². The zero-order valence-corrected chi connectivity index (χ0v) is 11.4. The largest absolute Gasteiger partial charge is 0.313 e. The molecule has 1 aromatic rings. The van der Waals surface area contributed by atoms with Gasteiger partial charge in [0.15, 0.2) is 0 Å². The molecule has 0 aromatic heterocycles. The molecule has 0 bridgehead atoms. The van der Waals surface area contributed by atoms with E-state index in [0.29, 0.717) is 0 Å². The Hall–Kier alpha value is -0.840. The van der Waals surface area contributed by atoms with Crippen LogP contribution >= 0.6 is 22.6 Å². The predicted octanol–water partition coefficient (Wildman–Crippen LogP) is 3.43. The SMILES string of the molecule is CC1=CCCCN1C(=O)c1ccccc1I. The zero-order chi connectivity index (χ0) is 11.5. The highest BCUT2D eigenvalue weighted by molar-refractivity contribution is 14.1. The zero-order valence-electron chi connectivity index (χ0n) is 9.24. The van der Waals surface area contributed by atoms with E-state index in [2.05, 4.69) is 28.7 Å². The van der Waals surface area contributed by atoms with Gasteiger partial charge in [-0.15, -0.1) is 0 Å². The summed E-state index contributed by atoms with van der Waals surface area (Å²) in [4.78, 5) is 14.2. The average Bonchev–Trinajstić information content (AvgIpc) is 2.29. The topological polar surface area (TPSA) is 20.3 Å². The Bertz CT molecular complexity index is 439. The van der Waals surface area contributed by atoms with Crippen LogP contribution in [0.5, 0.6) is 0 Å². The summed E-state index contributed by atoms with van der Waals surface area (Å²) in [6.07, 6.45) is 4.28. The molecular formula is C13H14INO. The normalized spacial score (nSPS) is 15.9. The molecule has 0 fully saturated rings. The van der Waals surface area contributed by atoms with Gasteiger partial charge in [-0.1, -0.05) is 18.2 Å². The molecule has 2 rings (SSSR count). The molecule has 0 saturated carbocycles. The Kier molecular flexibility index (Phi) is 3.63. The first kappa shape index (κ1) is 11.6. The standard InChI is InChI=1S/C13H14INO/c1-10-6-4-5-9-15(10)13(16)11-7-2-3-8-12(11)14/h2-3,6-8H,4-5,9H2,1H3. The van der Waals surface area contributed by atoms with Crippen LogP contribution in [0.4, 0.5) is 0 Å². The van der Waals surface area contributed by atoms with Crippen LogP contribution in [0.1, 0.15) is 30.1 Å². The molecule has 3 heteroatoms. The number of carbonyl (C=O) groups excluding carboxylic acids is 1. The minimum atomic E-state index is 0.124. The van der Waals surface area contributed by atoms with Gasteiger partial charge in [0.25, 0.3) is 5.91 Å². The molecule has 1 aliphatic heterocycles. The third kappa shape index (κ3) is 2.29. The summed E-state index contributed by atoms with van der Waals surface area (Å²) in [6, 6.07) is 7.73. The molecule has 1 aliphatic rings. The summed E-state index contributed by atoms with van der Waals surface area (Å²) >= 11 is 2.21. The molecule has 0 unspecified atom stereocenters. The van der Waals surface area contributed by atoms with Crippen LogP contribution in [-0.4, -0.2) is 17.4 Å². The lowest BCUT2D eigenvalue weighted by Gasteiger charge is -2.27. The highest BCUT2D eigenvalue weighted by Crippen LogP contribution is 2.20. The van der Waals surface area contributed by atoms with Crippen LogP contribution < -0.4 is 0 Å². The van der Waals surface area contributed by atoms with Gasteiger partial charge in [-0.3, -0.25) is 4.79 Å². The molecule has 84 valence electrons. The van der Waals surface area contributed by atoms with Crippen molar-refractivity contribution in [1.29, 1.82) is 0 Å². The van der Waals surface area contributed by atoms with Crippen molar-refractivity contribution >= 4 is 28.5 Å². The van der Waals surface area contributed by atoms with Crippen LogP contribution in [0, 0.1) is 3.57 Å². The molecular weight excluding hydrogens is 313 g/mol. The number of rotatable bonds is 1. The fraction of sp³-hybridized carbons (Fsp3) is 0.308. The van der Waals surface area contributed by atoms with E-state index in [1.807, 2.05) is 36.1 Å². The summed E-state index contributed by atoms with van der Waals surface area (Å²) in [6.45, 7) is 2.85. The Labute approximate surface area is 109 Å². The fourth-order valence-electron chi connectivity index (χ4n) is 1.89. The van der Waals surface area contributed by atoms with Crippen molar-refractivity contribution in [3.05, 3.63) is 45.2 Å². The van der Waals surface area contributed by atoms with Crippen LogP contribution in [-0.2, 0) is 0 Å². The lowest BCUT2D eigenvalue weighted by molar-refractivity contribution is 0.0796. The lowest BCUT2D eigenvalue weighted by atomic mass is 10.1. The van der Waals surface area contributed by atoms with Crippen LogP contribution in [0.3, 0.4) is 0 Å². The Morgan fingerprint density at radius 3 is 2.81 bits per heavy atom. The van der Waals surface area contributed by atoms with Crippen LogP contribution in [0.25, 0.3) is 0 Å². The van der Waals surface area contributed by atoms with E-state index in [4.69, 9.17) is 0 Å². The highest BCUT2D eigenvalue weighted by Gasteiger charge is 2.20. The smallest absolute Gasteiger partial charge is 0.259 e. The number of halogens is 1. The number of allylic oxidation sites excluding steroid dienone is 2. The summed E-state index contributed by atoms with van der Waals surface area (Å²) in [7, 11) is 0. The molecule has 1 heterocycles. The number of amides is 1. The van der Waals surface area contributed by atoms with E-state index >= 15 is 0 Å². The van der Waals surface area contributed by atoms with Crippen molar-refractivity contribution < 1.29 is 4.79 Å². The molecule has 0 atom stereocenters. The predicted molar refractivity (Wildman–Crippen MR) is 73.2 cm³/mol. The quantitative estimate of drug-likeness (QED) is 0.724. The minimum absolute atomic E-state index is 0.124. The molecule has 0 aliphatic carbocycles. The second-order valence-electron chi connectivity index (χ2n) is 3.92. The number of hydrogen-bond acceptors (Lipinski definition) is 1. The van der Waals surface area contributed by atoms with E-state index in [9.17, 15) is 4.79 Å². The van der Waals surface area contributed by atoms with Gasteiger partial charge in [-0.2, -0.15) is 0 Å². The van der Waals surface area contributed by atoms with Crippen molar-refractivity contribution in [3.8, 4) is 0 Å². The number of benzene rings is 1. The molecule has 0 N–H and O–H groups in total. The summed E-state index contributed by atoms with van der Waals surface area (Å²) in [5.74, 6) is 0.124. The summed E-state index contributed by atoms with van der Waals surface area (Å²) in [5, 5.41) is 0. The van der Waals surface area contributed by atoms with Crippen molar-refractivity contribution in [2.45, 2.75) is 19.8 Å². The first-order chi connectivity index (χ1) is 7.70. The van der Waals surface area contributed by atoms with Gasteiger partial charge in [-0.25, -0.2) is 0 Å². The number of carbonyl (C=O) groups is 1. The van der Waals surface area contributed by atoms with Gasteiger partial charge in [0.05, 0.1) is 5.56 Å². The van der Waals surface area contributed by atoms with Crippen molar-refractivity contribution in [2.75, 3.05) is 6.54 Å². The van der Waals surface area contributed by atoms with Crippen molar-refractivity contribution in [3.63, 3.8) is 0 Å². The van der Waals surface area contributed by atoms with Gasteiger partial charge in [0.2, 0.25) is 0 Å². The first-order valence-corrected chi connectivity index (χ1v) is 6.51. The molecule has 0 radical (unpaired) electrons. The third-order valence-electron chi connectivity index (χ3n) is 2.80. The summed E-state index contributed by atoms with van der Waals surface area (Å²) < 4.78 is 1.02. The fourth-order valence-corrected chi connectivity index (χ4v) is 2.51. The monoisotopic (exact) mass is 327 g/mol. The lowest BCUT2D eigenvalue weighted by Crippen LogP contribution is -2.32. The molecule has 1 aromatic carbocycles. The van der Waals surface area contributed by atoms with E-state index in [1.165, 1.54) is 0 Å². The van der Waals surface area contributed by atoms with Gasteiger partial charge < -0.3 is 4.90 Å². The summed E-state index contributed by atoms with van der Waals surface area (Å²) in [5.41, 5.74) is 1.88. The van der Waals surface area contributed by atoms with E-state index < -0.39 is 0 Å². The molecule has 0 saturated heterocycles. The third-order valence-corrected chi connectivity index (χ3v) is 3.74. The Morgan fingerprint density at radius 2 is 2.12 bits per heavy atom. The maximum Gasteiger partial charge on any atom is 0.259 e. The second-order valence-corrected chi connectivity index (χ2v) is 5.09. The molecule has 0 spiro atoms. The average molecular weight is 327 g/mol. The molecule has 1 amide bonds. The first-order valence-electron chi connectivity index (χ1n) is 5.43. The van der Waals surface area contributed by atoms with Crippen LogP contribution in [0.2, 0.25) is 0 Å². The number of hydrogen-bond donors (Lipinski definition) is 0. The van der Waals surface area contributed by atoms with E-state index in [0.717, 1.165) is 34.2 Å². The van der Waals surface area contributed by atoms with Crippen molar-refractivity contribution in [1.82, 2.24) is 4.90 Å². The van der Waals surface area contributed by atoms with Gasteiger partial charge in [0.1, 0.15) is 0 Å². The van der Waals surface area contributed by atoms with E-state index in [1.54, 1.807) is 0 Å². The van der Waals surface area contributed by atoms with Gasteiger partial charge in [0, 0.05) is 15.8 Å².